The van der Waals surface area contributed by atoms with Gasteiger partial charge in [0.2, 0.25) is 5.91 Å². The molecule has 1 aliphatic heterocycles. The zero-order chi connectivity index (χ0) is 20.9. The molecule has 0 radical (unpaired) electrons. The SMILES string of the molecule is O=C(NC1CCN(C(c2cnccn2)c2ccc(F)cc2F)CC1)C1CCCCC1. The van der Waals surface area contributed by atoms with E-state index in [2.05, 4.69) is 20.2 Å². The smallest absolute Gasteiger partial charge is 0.223 e. The van der Waals surface area contributed by atoms with Gasteiger partial charge < -0.3 is 5.32 Å². The van der Waals surface area contributed by atoms with Gasteiger partial charge >= 0.3 is 0 Å². The molecule has 1 N–H and O–H groups in total. The van der Waals surface area contributed by atoms with Crippen molar-refractivity contribution in [3.8, 4) is 0 Å². The van der Waals surface area contributed by atoms with Crippen LogP contribution < -0.4 is 5.32 Å². The Labute approximate surface area is 175 Å². The number of nitrogens with one attached hydrogen (secondary N) is 1. The number of carbonyl (C=O) groups is 1. The second kappa shape index (κ2) is 9.60. The highest BCUT2D eigenvalue weighted by Gasteiger charge is 2.31. The first-order chi connectivity index (χ1) is 14.6. The third-order valence-corrected chi connectivity index (χ3v) is 6.34. The number of amides is 1. The number of halogens is 2. The van der Waals surface area contributed by atoms with Crippen LogP contribution in [0.4, 0.5) is 8.78 Å². The summed E-state index contributed by atoms with van der Waals surface area (Å²) in [6, 6.07) is 3.38. The molecule has 7 heteroatoms. The summed E-state index contributed by atoms with van der Waals surface area (Å²) < 4.78 is 28.1. The van der Waals surface area contributed by atoms with Gasteiger partial charge in [0.05, 0.1) is 17.9 Å². The zero-order valence-electron chi connectivity index (χ0n) is 17.1. The number of nitrogens with zero attached hydrogens (tertiary/aromatic N) is 3. The molecule has 2 fully saturated rings. The van der Waals surface area contributed by atoms with Crippen LogP contribution in [0, 0.1) is 17.6 Å². The number of hydrogen-bond acceptors (Lipinski definition) is 4. The minimum Gasteiger partial charge on any atom is -0.353 e. The Morgan fingerprint density at radius 3 is 2.50 bits per heavy atom. The lowest BCUT2D eigenvalue weighted by Gasteiger charge is -2.38. The maximum absolute atomic E-state index is 14.6. The van der Waals surface area contributed by atoms with E-state index >= 15 is 0 Å². The van der Waals surface area contributed by atoms with Crippen LogP contribution in [0.1, 0.15) is 62.2 Å². The summed E-state index contributed by atoms with van der Waals surface area (Å²) in [5, 5.41) is 3.23. The Morgan fingerprint density at radius 1 is 1.07 bits per heavy atom. The lowest BCUT2D eigenvalue weighted by atomic mass is 9.88. The Morgan fingerprint density at radius 2 is 1.83 bits per heavy atom. The summed E-state index contributed by atoms with van der Waals surface area (Å²) in [5.74, 6) is -0.850. The molecule has 0 spiro atoms. The van der Waals surface area contributed by atoms with E-state index in [4.69, 9.17) is 0 Å². The molecule has 1 atom stereocenters. The van der Waals surface area contributed by atoms with Crippen molar-refractivity contribution >= 4 is 5.91 Å². The summed E-state index contributed by atoms with van der Waals surface area (Å²) >= 11 is 0. The molecule has 30 heavy (non-hydrogen) atoms. The molecular weight excluding hydrogens is 386 g/mol. The molecule has 4 rings (SSSR count). The predicted octanol–water partition coefficient (Wildman–Crippen LogP) is 4.01. The fraction of sp³-hybridized carbons (Fsp3) is 0.522. The molecule has 1 aromatic heterocycles. The van der Waals surface area contributed by atoms with Crippen LogP contribution in [0.15, 0.2) is 36.8 Å². The van der Waals surface area contributed by atoms with Crippen LogP contribution in [0.5, 0.6) is 0 Å². The Balaban J connectivity index is 1.45. The molecule has 2 heterocycles. The van der Waals surface area contributed by atoms with Crippen LogP contribution >= 0.6 is 0 Å². The van der Waals surface area contributed by atoms with Crippen LogP contribution in [-0.2, 0) is 4.79 Å². The van der Waals surface area contributed by atoms with E-state index in [-0.39, 0.29) is 17.9 Å². The molecule has 160 valence electrons. The van der Waals surface area contributed by atoms with Gasteiger partial charge in [-0.2, -0.15) is 0 Å². The largest absolute Gasteiger partial charge is 0.353 e. The van der Waals surface area contributed by atoms with Crippen LogP contribution in [0.2, 0.25) is 0 Å². The summed E-state index contributed by atoms with van der Waals surface area (Å²) in [6.45, 7) is 1.38. The van der Waals surface area contributed by atoms with E-state index in [0.717, 1.165) is 44.6 Å². The molecule has 1 unspecified atom stereocenters. The summed E-state index contributed by atoms with van der Waals surface area (Å²) in [4.78, 5) is 23.2. The van der Waals surface area contributed by atoms with Gasteiger partial charge in [-0.05, 0) is 31.7 Å². The number of carbonyl (C=O) groups excluding carboxylic acids is 1. The minimum atomic E-state index is -0.599. The number of likely N-dealkylation sites (tertiary alicyclic amines) is 1. The lowest BCUT2D eigenvalue weighted by Crippen LogP contribution is -2.47. The van der Waals surface area contributed by atoms with Crippen molar-refractivity contribution in [2.45, 2.75) is 57.0 Å². The van der Waals surface area contributed by atoms with Crippen molar-refractivity contribution in [2.24, 2.45) is 5.92 Å². The average Bonchev–Trinajstić information content (AvgIpc) is 2.78. The summed E-state index contributed by atoms with van der Waals surface area (Å²) in [5.41, 5.74) is 1.02. The highest BCUT2D eigenvalue weighted by atomic mass is 19.1. The highest BCUT2D eigenvalue weighted by molar-refractivity contribution is 5.79. The van der Waals surface area contributed by atoms with Crippen molar-refractivity contribution in [1.82, 2.24) is 20.2 Å². The van der Waals surface area contributed by atoms with Crippen molar-refractivity contribution in [3.63, 3.8) is 0 Å². The molecular formula is C23H28F2N4O. The van der Waals surface area contributed by atoms with Gasteiger partial charge in [-0.3, -0.25) is 19.7 Å². The van der Waals surface area contributed by atoms with Crippen LogP contribution in [0.3, 0.4) is 0 Å². The topological polar surface area (TPSA) is 58.1 Å². The monoisotopic (exact) mass is 414 g/mol. The molecule has 1 saturated heterocycles. The minimum absolute atomic E-state index is 0.135. The van der Waals surface area contributed by atoms with Gasteiger partial charge in [-0.1, -0.05) is 25.3 Å². The Kier molecular flexibility index (Phi) is 6.67. The summed E-state index contributed by atoms with van der Waals surface area (Å²) in [7, 11) is 0. The second-order valence-corrected chi connectivity index (χ2v) is 8.35. The maximum atomic E-state index is 14.6. The van der Waals surface area contributed by atoms with E-state index in [1.165, 1.54) is 18.6 Å². The lowest BCUT2D eigenvalue weighted by molar-refractivity contribution is -0.127. The molecule has 1 aromatic carbocycles. The number of rotatable bonds is 5. The maximum Gasteiger partial charge on any atom is 0.223 e. The molecule has 1 amide bonds. The first kappa shape index (κ1) is 20.8. The fourth-order valence-electron chi connectivity index (χ4n) is 4.70. The van der Waals surface area contributed by atoms with Gasteiger partial charge in [0.1, 0.15) is 11.6 Å². The van der Waals surface area contributed by atoms with E-state index < -0.39 is 17.7 Å². The molecule has 1 saturated carbocycles. The van der Waals surface area contributed by atoms with Gasteiger partial charge in [-0.15, -0.1) is 0 Å². The quantitative estimate of drug-likeness (QED) is 0.803. The van der Waals surface area contributed by atoms with Gasteiger partial charge in [0.15, 0.2) is 0 Å². The van der Waals surface area contributed by atoms with E-state index in [9.17, 15) is 13.6 Å². The van der Waals surface area contributed by atoms with Crippen LogP contribution in [-0.4, -0.2) is 39.9 Å². The molecule has 2 aliphatic rings. The van der Waals surface area contributed by atoms with E-state index in [0.29, 0.717) is 24.3 Å². The van der Waals surface area contributed by atoms with Gasteiger partial charge in [0, 0.05) is 49.1 Å². The molecule has 2 aromatic rings. The highest BCUT2D eigenvalue weighted by Crippen LogP contribution is 2.32. The number of benzene rings is 1. The fourth-order valence-corrected chi connectivity index (χ4v) is 4.70. The number of hydrogen-bond donors (Lipinski definition) is 1. The number of aromatic nitrogens is 2. The summed E-state index contributed by atoms with van der Waals surface area (Å²) in [6.07, 6.45) is 11.9. The van der Waals surface area contributed by atoms with Crippen molar-refractivity contribution in [3.05, 3.63) is 59.7 Å². The third kappa shape index (κ3) is 4.83. The first-order valence-corrected chi connectivity index (χ1v) is 10.9. The van der Waals surface area contributed by atoms with Gasteiger partial charge in [0.25, 0.3) is 0 Å². The Bertz CT molecular complexity index is 850. The van der Waals surface area contributed by atoms with Crippen molar-refractivity contribution < 1.29 is 13.6 Å². The zero-order valence-corrected chi connectivity index (χ0v) is 17.1. The van der Waals surface area contributed by atoms with Crippen molar-refractivity contribution in [1.29, 1.82) is 0 Å². The van der Waals surface area contributed by atoms with Crippen molar-refractivity contribution in [2.75, 3.05) is 13.1 Å². The first-order valence-electron chi connectivity index (χ1n) is 10.9. The predicted molar refractivity (Wildman–Crippen MR) is 110 cm³/mol. The van der Waals surface area contributed by atoms with Gasteiger partial charge in [-0.25, -0.2) is 8.78 Å². The van der Waals surface area contributed by atoms with Crippen LogP contribution in [0.25, 0.3) is 0 Å². The Hall–Kier alpha value is -2.41. The number of piperidine rings is 1. The van der Waals surface area contributed by atoms with E-state index in [1.54, 1.807) is 18.6 Å². The second-order valence-electron chi connectivity index (χ2n) is 8.35. The molecule has 1 aliphatic carbocycles. The standard InChI is InChI=1S/C23H28F2N4O/c24-17-6-7-19(20(25)14-17)22(21-15-26-10-11-27-21)29-12-8-18(9-13-29)28-23(30)16-4-2-1-3-5-16/h6-7,10-11,14-16,18,22H,1-5,8-9,12-13H2,(H,28,30). The molecule has 0 bridgehead atoms. The normalized spacial score (nSPS) is 20.1. The molecule has 5 nitrogen and oxygen atoms in total. The van der Waals surface area contributed by atoms with E-state index in [1.807, 2.05) is 0 Å². The average molecular weight is 415 g/mol. The third-order valence-electron chi connectivity index (χ3n) is 6.34.